The summed E-state index contributed by atoms with van der Waals surface area (Å²) < 4.78 is 0. The van der Waals surface area contributed by atoms with Crippen LogP contribution in [0.4, 0.5) is 5.69 Å². The van der Waals surface area contributed by atoms with E-state index in [0.29, 0.717) is 20.8 Å². The van der Waals surface area contributed by atoms with Gasteiger partial charge in [-0.1, -0.05) is 58.3 Å². The Labute approximate surface area is 223 Å². The first-order valence-electron chi connectivity index (χ1n) is 11.3. The number of nitrogens with one attached hydrogen (secondary N) is 1. The summed E-state index contributed by atoms with van der Waals surface area (Å²) >= 11 is 22.0. The van der Waals surface area contributed by atoms with E-state index in [-0.39, 0.29) is 57.4 Å². The number of H-pyrrole nitrogens is 1. The van der Waals surface area contributed by atoms with Gasteiger partial charge >= 0.3 is 4.87 Å². The molecule has 1 aromatic heterocycles. The number of halogens is 3. The number of thiazole rings is 1. The van der Waals surface area contributed by atoms with Crippen LogP contribution in [0.15, 0.2) is 52.3 Å². The fourth-order valence-electron chi connectivity index (χ4n) is 6.97. The molecule has 5 nitrogen and oxygen atoms in total. The molecule has 2 aliphatic carbocycles. The summed E-state index contributed by atoms with van der Waals surface area (Å²) in [5.74, 6) is -1.01. The second-order valence-corrected chi connectivity index (χ2v) is 13.0. The average Bonchev–Trinajstić information content (AvgIpc) is 3.56. The highest BCUT2D eigenvalue weighted by atomic mass is 35.5. The molecule has 3 fully saturated rings. The lowest BCUT2D eigenvalue weighted by atomic mass is 9.68. The van der Waals surface area contributed by atoms with Crippen LogP contribution in [-0.2, 0) is 9.59 Å². The van der Waals surface area contributed by atoms with Crippen molar-refractivity contribution in [3.63, 3.8) is 0 Å². The molecule has 178 valence electrons. The van der Waals surface area contributed by atoms with Crippen LogP contribution < -0.4 is 9.77 Å². The zero-order valence-electron chi connectivity index (χ0n) is 17.9. The second-order valence-electron chi connectivity index (χ2n) is 9.59. The average molecular weight is 564 g/mol. The van der Waals surface area contributed by atoms with Crippen molar-refractivity contribution >= 4 is 75.4 Å². The minimum atomic E-state index is -0.372. The van der Waals surface area contributed by atoms with Crippen LogP contribution in [0.2, 0.25) is 15.1 Å². The SMILES string of the molecule is O=C1C2C(C(=O)N1c1ccc(Cl)cc1)[C@@H]1C[C@H]2C2Sc3[nH]c(=O)sc3C(c3cccc(Cl)c3Cl)C21. The van der Waals surface area contributed by atoms with E-state index < -0.39 is 0 Å². The van der Waals surface area contributed by atoms with E-state index in [1.165, 1.54) is 16.2 Å². The van der Waals surface area contributed by atoms with Crippen LogP contribution in [0.5, 0.6) is 0 Å². The van der Waals surface area contributed by atoms with Gasteiger partial charge in [-0.2, -0.15) is 0 Å². The van der Waals surface area contributed by atoms with Gasteiger partial charge in [-0.3, -0.25) is 19.3 Å². The summed E-state index contributed by atoms with van der Waals surface area (Å²) in [6.07, 6.45) is 0.817. The van der Waals surface area contributed by atoms with Crippen molar-refractivity contribution < 1.29 is 9.59 Å². The molecule has 7 atom stereocenters. The number of aromatic nitrogens is 1. The number of anilines is 1. The summed E-state index contributed by atoms with van der Waals surface area (Å²) in [4.78, 5) is 44.9. The Hall–Kier alpha value is -1.77. The number of aromatic amines is 1. The number of hydrogen-bond donors (Lipinski definition) is 1. The van der Waals surface area contributed by atoms with Crippen molar-refractivity contribution in [2.75, 3.05) is 4.90 Å². The zero-order valence-corrected chi connectivity index (χ0v) is 21.8. The predicted molar refractivity (Wildman–Crippen MR) is 139 cm³/mol. The summed E-state index contributed by atoms with van der Waals surface area (Å²) in [5, 5.41) is 2.44. The Morgan fingerprint density at radius 1 is 0.914 bits per heavy atom. The maximum atomic E-state index is 13.7. The molecule has 2 amide bonds. The third-order valence-electron chi connectivity index (χ3n) is 8.13. The predicted octanol–water partition coefficient (Wildman–Crippen LogP) is 6.07. The molecule has 3 heterocycles. The second kappa shape index (κ2) is 7.86. The molecule has 5 unspecified atom stereocenters. The topological polar surface area (TPSA) is 70.2 Å². The van der Waals surface area contributed by atoms with Crippen molar-refractivity contribution in [1.82, 2.24) is 4.98 Å². The van der Waals surface area contributed by atoms with Gasteiger partial charge in [-0.15, -0.1) is 11.8 Å². The number of amides is 2. The molecule has 2 saturated carbocycles. The molecule has 4 aliphatic rings. The van der Waals surface area contributed by atoms with E-state index in [0.717, 1.165) is 21.9 Å². The highest BCUT2D eigenvalue weighted by molar-refractivity contribution is 8.00. The highest BCUT2D eigenvalue weighted by Crippen LogP contribution is 2.69. The maximum absolute atomic E-state index is 13.7. The molecule has 1 N–H and O–H groups in total. The number of hydrogen-bond acceptors (Lipinski definition) is 5. The van der Waals surface area contributed by atoms with Gasteiger partial charge in [-0.25, -0.2) is 0 Å². The number of fused-ring (bicyclic) bond motifs is 9. The molecular formula is C25H17Cl3N2O3S2. The van der Waals surface area contributed by atoms with Crippen LogP contribution in [-0.4, -0.2) is 22.0 Å². The number of rotatable bonds is 2. The molecule has 10 heteroatoms. The van der Waals surface area contributed by atoms with E-state index in [1.54, 1.807) is 42.1 Å². The van der Waals surface area contributed by atoms with Crippen LogP contribution in [0, 0.1) is 29.6 Å². The number of thioether (sulfide) groups is 1. The molecule has 7 rings (SSSR count). The molecule has 35 heavy (non-hydrogen) atoms. The van der Waals surface area contributed by atoms with E-state index in [4.69, 9.17) is 34.8 Å². The standard InChI is InChI=1S/C25H17Cl3N2O3S2/c26-9-4-6-10(7-5-9)30-23(31)17-12-8-13(18(17)24(30)32)20-16(12)15(11-2-1-3-14(27)19(11)28)21-22(34-20)29-25(33)35-21/h1-7,12-13,15-18,20H,8H2,(H,29,33)/t12-,13-,15?,16?,17?,18?,20?/m1/s1. The molecule has 2 aromatic carbocycles. The van der Waals surface area contributed by atoms with E-state index in [9.17, 15) is 14.4 Å². The Morgan fingerprint density at radius 3 is 2.37 bits per heavy atom. The van der Waals surface area contributed by atoms with Gasteiger partial charge in [0.15, 0.2) is 0 Å². The fourth-order valence-corrected chi connectivity index (χ4v) is 10.4. The van der Waals surface area contributed by atoms with Gasteiger partial charge < -0.3 is 4.98 Å². The van der Waals surface area contributed by atoms with Gasteiger partial charge in [-0.05, 0) is 60.1 Å². The fraction of sp³-hybridized carbons (Fsp3) is 0.320. The van der Waals surface area contributed by atoms with Gasteiger partial charge in [0.1, 0.15) is 0 Å². The Balaban J connectivity index is 1.35. The van der Waals surface area contributed by atoms with E-state index in [2.05, 4.69) is 4.98 Å². The smallest absolute Gasteiger partial charge is 0.305 e. The Kier molecular flexibility index (Phi) is 5.04. The van der Waals surface area contributed by atoms with Crippen LogP contribution in [0.1, 0.15) is 22.8 Å². The first kappa shape index (κ1) is 22.4. The highest BCUT2D eigenvalue weighted by Gasteiger charge is 2.69. The van der Waals surface area contributed by atoms with Crippen LogP contribution in [0.3, 0.4) is 0 Å². The first-order chi connectivity index (χ1) is 16.8. The summed E-state index contributed by atoms with van der Waals surface area (Å²) in [6.45, 7) is 0. The molecule has 2 bridgehead atoms. The van der Waals surface area contributed by atoms with Gasteiger partial charge in [0.05, 0.1) is 32.6 Å². The van der Waals surface area contributed by atoms with Crippen LogP contribution in [0.25, 0.3) is 0 Å². The lowest BCUT2D eigenvalue weighted by molar-refractivity contribution is -0.123. The molecule has 1 saturated heterocycles. The molecule has 3 aromatic rings. The Morgan fingerprint density at radius 2 is 1.63 bits per heavy atom. The van der Waals surface area contributed by atoms with Crippen molar-refractivity contribution in [2.24, 2.45) is 29.6 Å². The summed E-state index contributed by atoms with van der Waals surface area (Å²) in [7, 11) is 0. The van der Waals surface area contributed by atoms with E-state index >= 15 is 0 Å². The van der Waals surface area contributed by atoms with Gasteiger partial charge in [0.25, 0.3) is 0 Å². The minimum Gasteiger partial charge on any atom is -0.307 e. The molecule has 2 aliphatic heterocycles. The minimum absolute atomic E-state index is 0.0154. The van der Waals surface area contributed by atoms with E-state index in [1.807, 2.05) is 12.1 Å². The third-order valence-corrected chi connectivity index (χ3v) is 11.8. The van der Waals surface area contributed by atoms with Gasteiger partial charge in [0.2, 0.25) is 11.8 Å². The van der Waals surface area contributed by atoms with Crippen molar-refractivity contribution in [3.05, 3.63) is 77.6 Å². The molecule has 0 spiro atoms. The largest absolute Gasteiger partial charge is 0.307 e. The maximum Gasteiger partial charge on any atom is 0.305 e. The quantitative estimate of drug-likeness (QED) is 0.384. The normalized spacial score (nSPS) is 32.7. The molecule has 0 radical (unpaired) electrons. The number of carbonyl (C=O) groups is 2. The summed E-state index contributed by atoms with van der Waals surface area (Å²) in [6, 6.07) is 12.4. The zero-order chi connectivity index (χ0) is 24.2. The first-order valence-corrected chi connectivity index (χ1v) is 14.1. The number of nitrogens with zero attached hydrogens (tertiary/aromatic N) is 1. The van der Waals surface area contributed by atoms with Crippen molar-refractivity contribution in [3.8, 4) is 0 Å². The number of carbonyl (C=O) groups excluding carboxylic acids is 2. The van der Waals surface area contributed by atoms with Crippen molar-refractivity contribution in [2.45, 2.75) is 22.6 Å². The number of imide groups is 1. The van der Waals surface area contributed by atoms with Crippen LogP contribution >= 0.6 is 57.9 Å². The third kappa shape index (κ3) is 3.05. The monoisotopic (exact) mass is 562 g/mol. The summed E-state index contributed by atoms with van der Waals surface area (Å²) in [5.41, 5.74) is 1.44. The Bertz CT molecular complexity index is 1470. The van der Waals surface area contributed by atoms with Gasteiger partial charge in [0, 0.05) is 21.1 Å². The lowest BCUT2D eigenvalue weighted by Gasteiger charge is -2.43. The lowest BCUT2D eigenvalue weighted by Crippen LogP contribution is -2.42. The molecular weight excluding hydrogens is 547 g/mol. The van der Waals surface area contributed by atoms with Crippen molar-refractivity contribution in [1.29, 1.82) is 0 Å². The number of benzene rings is 2.